The van der Waals surface area contributed by atoms with Gasteiger partial charge >= 0.3 is 5.97 Å². The van der Waals surface area contributed by atoms with Crippen molar-refractivity contribution < 1.29 is 14.6 Å². The van der Waals surface area contributed by atoms with E-state index in [-0.39, 0.29) is 18.8 Å². The van der Waals surface area contributed by atoms with Crippen LogP contribution in [-0.4, -0.2) is 41.3 Å². The summed E-state index contributed by atoms with van der Waals surface area (Å²) in [7, 11) is 0. The van der Waals surface area contributed by atoms with E-state index >= 15 is 0 Å². The van der Waals surface area contributed by atoms with Crippen molar-refractivity contribution in [1.29, 1.82) is 0 Å². The van der Waals surface area contributed by atoms with Crippen LogP contribution in [0.3, 0.4) is 0 Å². The van der Waals surface area contributed by atoms with Gasteiger partial charge < -0.3 is 14.4 Å². The van der Waals surface area contributed by atoms with Crippen LogP contribution in [0.5, 0.6) is 0 Å². The van der Waals surface area contributed by atoms with Crippen molar-refractivity contribution in [1.82, 2.24) is 30.2 Å². The molecule has 0 spiro atoms. The van der Waals surface area contributed by atoms with Crippen LogP contribution < -0.4 is 0 Å². The Morgan fingerprint density at radius 1 is 1.02 bits per heavy atom. The molecule has 0 aliphatic carbocycles. The summed E-state index contributed by atoms with van der Waals surface area (Å²) >= 11 is 6.64. The molecule has 5 rings (SSSR count). The number of aromatic amines is 1. The number of rotatable bonds is 12. The number of halogens is 1. The fourth-order valence-corrected chi connectivity index (χ4v) is 4.93. The quantitative estimate of drug-likeness (QED) is 0.188. The van der Waals surface area contributed by atoms with Gasteiger partial charge in [-0.15, -0.1) is 5.10 Å². The van der Waals surface area contributed by atoms with Crippen molar-refractivity contribution in [2.45, 2.75) is 45.9 Å². The monoisotopic (exact) mass is 556 g/mol. The topological polar surface area (TPSA) is 119 Å². The molecule has 0 saturated carbocycles. The number of nitrogens with zero attached hydrogens (tertiary/aromatic N) is 5. The van der Waals surface area contributed by atoms with E-state index in [2.05, 4.69) is 67.4 Å². The lowest BCUT2D eigenvalue weighted by Crippen LogP contribution is -2.11. The Morgan fingerprint density at radius 2 is 1.82 bits per heavy atom. The summed E-state index contributed by atoms with van der Waals surface area (Å²) in [5, 5.41) is 24.5. The number of aryl methyl sites for hydroxylation is 1. The van der Waals surface area contributed by atoms with Crippen LogP contribution in [0.15, 0.2) is 72.8 Å². The average molecular weight is 557 g/mol. The second-order valence-electron chi connectivity index (χ2n) is 9.41. The first-order valence-electron chi connectivity index (χ1n) is 13.1. The largest absolute Gasteiger partial charge is 0.478 e. The first-order valence-corrected chi connectivity index (χ1v) is 13.5. The van der Waals surface area contributed by atoms with Crippen molar-refractivity contribution >= 4 is 17.6 Å². The minimum Gasteiger partial charge on any atom is -0.478 e. The first kappa shape index (κ1) is 27.2. The lowest BCUT2D eigenvalue weighted by Gasteiger charge is -2.15. The highest BCUT2D eigenvalue weighted by atomic mass is 35.5. The summed E-state index contributed by atoms with van der Waals surface area (Å²) in [4.78, 5) is 16.3. The number of aromatic nitrogens is 6. The number of carboxylic acid groups (broad SMARTS) is 1. The Hall–Kier alpha value is -4.34. The molecule has 0 saturated heterocycles. The van der Waals surface area contributed by atoms with E-state index in [4.69, 9.17) is 16.3 Å². The molecular weight excluding hydrogens is 528 g/mol. The third-order valence-electron chi connectivity index (χ3n) is 6.71. The second-order valence-corrected chi connectivity index (χ2v) is 9.76. The molecule has 5 aromatic rings. The predicted molar refractivity (Wildman–Crippen MR) is 152 cm³/mol. The minimum atomic E-state index is -0.985. The third kappa shape index (κ3) is 6.11. The van der Waals surface area contributed by atoms with Gasteiger partial charge in [0.15, 0.2) is 11.0 Å². The normalized spacial score (nSPS) is 11.2. The number of aromatic carboxylic acids is 1. The van der Waals surface area contributed by atoms with Crippen LogP contribution >= 0.6 is 11.6 Å². The van der Waals surface area contributed by atoms with Crippen LogP contribution in [0.2, 0.25) is 5.15 Å². The van der Waals surface area contributed by atoms with E-state index < -0.39 is 5.97 Å². The highest BCUT2D eigenvalue weighted by molar-refractivity contribution is 6.30. The van der Waals surface area contributed by atoms with E-state index in [1.54, 1.807) is 24.3 Å². The summed E-state index contributed by atoms with van der Waals surface area (Å²) in [5.74, 6) is 0.475. The zero-order chi connectivity index (χ0) is 27.9. The summed E-state index contributed by atoms with van der Waals surface area (Å²) in [6.45, 7) is 2.99. The highest BCUT2D eigenvalue weighted by Crippen LogP contribution is 2.32. The molecule has 9 nitrogen and oxygen atoms in total. The Labute approximate surface area is 236 Å². The first-order chi connectivity index (χ1) is 19.5. The smallest absolute Gasteiger partial charge is 0.336 e. The summed E-state index contributed by atoms with van der Waals surface area (Å²) in [6.07, 6.45) is 2.78. The molecule has 40 heavy (non-hydrogen) atoms. The summed E-state index contributed by atoms with van der Waals surface area (Å²) < 4.78 is 8.09. The number of nitrogens with one attached hydrogen (secondary N) is 1. The van der Waals surface area contributed by atoms with Crippen LogP contribution in [0.25, 0.3) is 22.5 Å². The van der Waals surface area contributed by atoms with Crippen molar-refractivity contribution in [3.8, 4) is 22.5 Å². The molecule has 0 amide bonds. The fourth-order valence-electron chi connectivity index (χ4n) is 4.68. The molecular formula is C30H29ClN6O3. The number of carbonyl (C=O) groups is 1. The minimum absolute atomic E-state index is 0.142. The zero-order valence-corrected chi connectivity index (χ0v) is 22.8. The van der Waals surface area contributed by atoms with E-state index in [0.29, 0.717) is 23.1 Å². The second kappa shape index (κ2) is 12.7. The molecule has 0 bridgehead atoms. The number of hydrogen-bond donors (Lipinski definition) is 2. The Balaban J connectivity index is 1.45. The van der Waals surface area contributed by atoms with Gasteiger partial charge in [-0.05, 0) is 51.2 Å². The Kier molecular flexibility index (Phi) is 8.63. The van der Waals surface area contributed by atoms with Crippen LogP contribution in [0.4, 0.5) is 0 Å². The number of ether oxygens (including phenoxy) is 1. The molecule has 3 aromatic carbocycles. The third-order valence-corrected chi connectivity index (χ3v) is 7.01. The van der Waals surface area contributed by atoms with Gasteiger partial charge in [0, 0.05) is 18.5 Å². The van der Waals surface area contributed by atoms with Gasteiger partial charge in [0.1, 0.15) is 5.82 Å². The number of unbranched alkanes of at least 4 members (excludes halogenated alkanes) is 1. The summed E-state index contributed by atoms with van der Waals surface area (Å²) in [5.41, 5.74) is 5.55. The number of imidazole rings is 1. The molecule has 0 aliphatic heterocycles. The molecule has 0 unspecified atom stereocenters. The number of carboxylic acids is 1. The van der Waals surface area contributed by atoms with Gasteiger partial charge in [0.2, 0.25) is 0 Å². The molecule has 2 N–H and O–H groups in total. The molecule has 0 fully saturated rings. The maximum Gasteiger partial charge on any atom is 0.336 e. The Morgan fingerprint density at radius 3 is 2.58 bits per heavy atom. The van der Waals surface area contributed by atoms with Crippen LogP contribution in [0, 0.1) is 0 Å². The van der Waals surface area contributed by atoms with Gasteiger partial charge in [-0.3, -0.25) is 0 Å². The van der Waals surface area contributed by atoms with Crippen LogP contribution in [0.1, 0.15) is 52.8 Å². The van der Waals surface area contributed by atoms with E-state index in [1.165, 1.54) is 0 Å². The summed E-state index contributed by atoms with van der Waals surface area (Å²) in [6, 6.07) is 23.2. The molecule has 0 radical (unpaired) electrons. The van der Waals surface area contributed by atoms with Gasteiger partial charge in [-0.25, -0.2) is 14.9 Å². The zero-order valence-electron chi connectivity index (χ0n) is 22.0. The average Bonchev–Trinajstić information content (AvgIpc) is 3.61. The van der Waals surface area contributed by atoms with E-state index in [0.717, 1.165) is 53.0 Å². The van der Waals surface area contributed by atoms with Gasteiger partial charge in [-0.1, -0.05) is 85.6 Å². The number of benzene rings is 3. The maximum absolute atomic E-state index is 11.6. The van der Waals surface area contributed by atoms with E-state index in [9.17, 15) is 9.90 Å². The van der Waals surface area contributed by atoms with Crippen molar-refractivity contribution in [3.63, 3.8) is 0 Å². The van der Waals surface area contributed by atoms with Gasteiger partial charge in [0.05, 0.1) is 24.5 Å². The number of tetrazole rings is 1. The lowest BCUT2D eigenvalue weighted by molar-refractivity contribution is 0.0682. The van der Waals surface area contributed by atoms with Crippen molar-refractivity contribution in [3.05, 3.63) is 106 Å². The molecule has 2 aromatic heterocycles. The van der Waals surface area contributed by atoms with E-state index in [1.807, 2.05) is 18.2 Å². The fraction of sp³-hybridized carbons (Fsp3) is 0.233. The number of hydrogen-bond acceptors (Lipinski definition) is 6. The Bertz CT molecular complexity index is 1580. The predicted octanol–water partition coefficient (Wildman–Crippen LogP) is 6.19. The van der Waals surface area contributed by atoms with Gasteiger partial charge in [-0.2, -0.15) is 0 Å². The standard InChI is InChI=1S/C30H29ClN6O3/c1-2-3-13-27-32-28(31)26(19-40-18-22-11-7-8-12-24(22)30(38)39)37(27)17-20-14-15-23(21-9-5-4-6-10-21)25(16-20)29-33-35-36-34-29/h4-12,14-16H,2-3,13,17-19H2,1H3,(H,38,39)(H,33,34,35,36). The highest BCUT2D eigenvalue weighted by Gasteiger charge is 2.19. The lowest BCUT2D eigenvalue weighted by atomic mass is 9.97. The molecule has 2 heterocycles. The van der Waals surface area contributed by atoms with Gasteiger partial charge in [0.25, 0.3) is 0 Å². The maximum atomic E-state index is 11.6. The van der Waals surface area contributed by atoms with Crippen molar-refractivity contribution in [2.75, 3.05) is 0 Å². The molecule has 204 valence electrons. The molecule has 10 heteroatoms. The number of H-pyrrole nitrogens is 1. The molecule has 0 atom stereocenters. The van der Waals surface area contributed by atoms with Crippen LogP contribution in [-0.2, 0) is 30.9 Å². The molecule has 0 aliphatic rings. The SMILES string of the molecule is CCCCc1nc(Cl)c(COCc2ccccc2C(=O)O)n1Cc1ccc(-c2ccccc2)c(-c2nnn[nH]2)c1. The van der Waals surface area contributed by atoms with Crippen molar-refractivity contribution in [2.24, 2.45) is 0 Å².